The van der Waals surface area contributed by atoms with Gasteiger partial charge in [0.1, 0.15) is 17.8 Å². The second-order valence-corrected chi connectivity index (χ2v) is 15.0. The zero-order valence-electron chi connectivity index (χ0n) is 33.1. The smallest absolute Gasteiger partial charge is 0.326 e. The van der Waals surface area contributed by atoms with Gasteiger partial charge in [-0.1, -0.05) is 81.8 Å². The molecule has 4 aromatic rings. The van der Waals surface area contributed by atoms with Crippen molar-refractivity contribution in [3.63, 3.8) is 0 Å². The van der Waals surface area contributed by atoms with Gasteiger partial charge >= 0.3 is 5.97 Å². The van der Waals surface area contributed by atoms with Gasteiger partial charge in [-0.25, -0.2) is 9.78 Å². The molecule has 1 saturated carbocycles. The van der Waals surface area contributed by atoms with Crippen LogP contribution in [0.2, 0.25) is 0 Å². The van der Waals surface area contributed by atoms with Gasteiger partial charge < -0.3 is 32.3 Å². The molecule has 59 heavy (non-hydrogen) atoms. The van der Waals surface area contributed by atoms with Gasteiger partial charge in [0, 0.05) is 49.5 Å². The molecule has 5 atom stereocenters. The molecule has 18 nitrogen and oxygen atoms in total. The molecule has 2 aromatic carbocycles. The Bertz CT molecular complexity index is 2020. The lowest BCUT2D eigenvalue weighted by Gasteiger charge is -2.32. The maximum Gasteiger partial charge on any atom is 0.326 e. The molecule has 0 aliphatic heterocycles. The Morgan fingerprint density at radius 2 is 1.63 bits per heavy atom. The molecule has 5 rings (SSSR count). The fraction of sp³-hybridized carbons (Fsp3) is 0.439. The average Bonchev–Trinajstić information content (AvgIpc) is 3.69. The molecule has 1 fully saturated rings. The number of imidazole rings is 1. The predicted molar refractivity (Wildman–Crippen MR) is 218 cm³/mol. The second-order valence-electron chi connectivity index (χ2n) is 15.0. The quantitative estimate of drug-likeness (QED) is 0.0653. The van der Waals surface area contributed by atoms with E-state index in [1.165, 1.54) is 62.2 Å². The van der Waals surface area contributed by atoms with Gasteiger partial charge in [0.2, 0.25) is 11.8 Å². The number of aromatic nitrogens is 3. The molecule has 1 aliphatic rings. The van der Waals surface area contributed by atoms with Crippen LogP contribution >= 0.6 is 0 Å². The second kappa shape index (κ2) is 21.6. The topological polar surface area (TPSA) is 283 Å². The van der Waals surface area contributed by atoms with Crippen molar-refractivity contribution in [1.29, 1.82) is 0 Å². The Morgan fingerprint density at radius 3 is 2.24 bits per heavy atom. The largest absolute Gasteiger partial charge is 0.673 e. The minimum Gasteiger partial charge on any atom is -0.673 e. The molecule has 2 amide bonds. The highest BCUT2D eigenvalue weighted by Gasteiger charge is 2.33. The molecule has 2 heterocycles. The summed E-state index contributed by atoms with van der Waals surface area (Å²) in [4.78, 5) is 67.3. The van der Waals surface area contributed by atoms with Crippen LogP contribution in [0.4, 0.5) is 11.4 Å². The van der Waals surface area contributed by atoms with Crippen LogP contribution in [-0.4, -0.2) is 82.1 Å². The van der Waals surface area contributed by atoms with Crippen LogP contribution in [-0.2, 0) is 33.6 Å². The number of aliphatic hydroxyl groups is 1. The molecule has 0 saturated heterocycles. The molecular formula is C41H52N9O9-. The van der Waals surface area contributed by atoms with Crippen LogP contribution in [0.25, 0.3) is 11.4 Å². The highest BCUT2D eigenvalue weighted by atomic mass is 16.6. The van der Waals surface area contributed by atoms with E-state index in [9.17, 15) is 44.8 Å². The van der Waals surface area contributed by atoms with E-state index in [1.54, 1.807) is 43.5 Å². The first-order chi connectivity index (χ1) is 28.1. The standard InChI is InChI=1S/C26H29N7O8.C15H23N2O/c1-3-26(2,27)25(37)30-19(11-16-7-5-4-6-8-16)23(34)29-20(24(35)36)12-17-14-31(15-28-17)21-10-9-18(32(38)39)13-22(21)33(40)41;16-14(10-12-6-2-1-3-7-12)15(18)11-13-8-4-5-9-17-13/h4-10,13-15,19-20H,3,11-12,27H2,1-2H3,(H,29,34)(H,30,37)(H,35,36);4-5,8-9,12,14-16,18H,1-3,6-7,10-11H2/q;-1/t19-,20-,26-;14-,15?/m00/s1. The number of nitrogens with two attached hydrogens (primary N) is 1. The molecule has 0 radical (unpaired) electrons. The van der Waals surface area contributed by atoms with E-state index in [2.05, 4.69) is 20.6 Å². The Morgan fingerprint density at radius 1 is 0.932 bits per heavy atom. The Hall–Kier alpha value is -6.11. The van der Waals surface area contributed by atoms with Gasteiger partial charge in [-0.05, 0) is 43.0 Å². The predicted octanol–water partition coefficient (Wildman–Crippen LogP) is 5.03. The monoisotopic (exact) mass is 814 g/mol. The molecule has 2 aromatic heterocycles. The molecule has 316 valence electrons. The van der Waals surface area contributed by atoms with Crippen LogP contribution in [0.5, 0.6) is 0 Å². The van der Waals surface area contributed by atoms with Crippen LogP contribution in [0.3, 0.4) is 0 Å². The number of carboxylic acid groups (broad SMARTS) is 1. The zero-order chi connectivity index (χ0) is 43.1. The van der Waals surface area contributed by atoms with E-state index in [0.717, 1.165) is 29.8 Å². The van der Waals surface area contributed by atoms with Crippen molar-refractivity contribution in [3.05, 3.63) is 128 Å². The Balaban J connectivity index is 0.000000354. The Kier molecular flexibility index (Phi) is 16.7. The molecule has 0 spiro atoms. The number of benzene rings is 2. The molecule has 18 heteroatoms. The highest BCUT2D eigenvalue weighted by Crippen LogP contribution is 2.30. The molecular weight excluding hydrogens is 763 g/mol. The third-order valence-corrected chi connectivity index (χ3v) is 10.4. The summed E-state index contributed by atoms with van der Waals surface area (Å²) in [6.45, 7) is 3.24. The third-order valence-electron chi connectivity index (χ3n) is 10.4. The van der Waals surface area contributed by atoms with Gasteiger partial charge in [-0.2, -0.15) is 0 Å². The van der Waals surface area contributed by atoms with E-state index in [1.807, 2.05) is 18.2 Å². The SMILES string of the molecule is CC[C@](C)(N)C(=O)N[C@@H](Cc1ccccc1)C(=O)N[C@@H](Cc1cn(-c2ccc([N+](=O)[O-])cc2[N+](=O)[O-])cn1)C(=O)O.[NH-][C@@H](CC1CCCCC1)C(O)Cc1ccccn1. The van der Waals surface area contributed by atoms with E-state index in [4.69, 9.17) is 11.5 Å². The van der Waals surface area contributed by atoms with Crippen molar-refractivity contribution in [2.75, 3.05) is 0 Å². The summed E-state index contributed by atoms with van der Waals surface area (Å²) in [6, 6.07) is 14.6. The number of carboxylic acids is 1. The van der Waals surface area contributed by atoms with Gasteiger partial charge in [0.15, 0.2) is 0 Å². The van der Waals surface area contributed by atoms with Crippen LogP contribution in [0, 0.1) is 26.1 Å². The van der Waals surface area contributed by atoms with Crippen molar-refractivity contribution >= 4 is 29.2 Å². The lowest BCUT2D eigenvalue weighted by molar-refractivity contribution is -0.394. The maximum absolute atomic E-state index is 13.3. The summed E-state index contributed by atoms with van der Waals surface area (Å²) in [7, 11) is 0. The maximum atomic E-state index is 13.3. The first-order valence-corrected chi connectivity index (χ1v) is 19.5. The number of amides is 2. The van der Waals surface area contributed by atoms with Gasteiger partial charge in [0.05, 0.1) is 33.5 Å². The van der Waals surface area contributed by atoms with Crippen LogP contribution in [0.15, 0.2) is 85.5 Å². The molecule has 0 bridgehead atoms. The van der Waals surface area contributed by atoms with E-state index >= 15 is 0 Å². The number of pyridine rings is 1. The van der Waals surface area contributed by atoms with E-state index < -0.39 is 62.7 Å². The van der Waals surface area contributed by atoms with Crippen molar-refractivity contribution < 1.29 is 34.4 Å². The first-order valence-electron chi connectivity index (χ1n) is 19.5. The number of nitrogens with one attached hydrogen (secondary N) is 3. The third kappa shape index (κ3) is 13.8. The van der Waals surface area contributed by atoms with Gasteiger partial charge in [-0.15, -0.1) is 6.04 Å². The number of hydrogen-bond donors (Lipinski definition) is 5. The lowest BCUT2D eigenvalue weighted by atomic mass is 9.83. The molecule has 1 aliphatic carbocycles. The lowest BCUT2D eigenvalue weighted by Crippen LogP contribution is -2.59. The summed E-state index contributed by atoms with van der Waals surface area (Å²) in [5, 5.41) is 47.5. The fourth-order valence-corrected chi connectivity index (χ4v) is 6.63. The number of aliphatic hydroxyl groups excluding tert-OH is 1. The first kappa shape index (κ1) is 45.6. The number of nitro groups is 2. The Labute approximate surface area is 341 Å². The minimum absolute atomic E-state index is 0.0262. The number of nitrogens with zero attached hydrogens (tertiary/aromatic N) is 5. The summed E-state index contributed by atoms with van der Waals surface area (Å²) >= 11 is 0. The van der Waals surface area contributed by atoms with Crippen LogP contribution in [0.1, 0.15) is 75.7 Å². The highest BCUT2D eigenvalue weighted by molar-refractivity contribution is 5.93. The van der Waals surface area contributed by atoms with E-state index in [-0.39, 0.29) is 30.3 Å². The van der Waals surface area contributed by atoms with Gasteiger partial charge in [0.25, 0.3) is 11.4 Å². The average molecular weight is 815 g/mol. The number of hydrogen-bond acceptors (Lipinski definition) is 11. The van der Waals surface area contributed by atoms with E-state index in [0.29, 0.717) is 18.8 Å². The number of non-ortho nitro benzene ring substituents is 1. The number of rotatable bonds is 18. The molecule has 1 unspecified atom stereocenters. The summed E-state index contributed by atoms with van der Waals surface area (Å²) in [6.07, 6.45) is 11.5. The molecule has 7 N–H and O–H groups in total. The summed E-state index contributed by atoms with van der Waals surface area (Å²) in [5.74, 6) is -2.06. The fourth-order valence-electron chi connectivity index (χ4n) is 6.63. The normalized spacial score (nSPS) is 15.9. The van der Waals surface area contributed by atoms with Crippen molar-refractivity contribution in [2.45, 2.75) is 108 Å². The zero-order valence-corrected chi connectivity index (χ0v) is 33.1. The minimum atomic E-state index is -1.47. The number of carbonyl (C=O) groups is 3. The summed E-state index contributed by atoms with van der Waals surface area (Å²) < 4.78 is 1.23. The van der Waals surface area contributed by atoms with Crippen molar-refractivity contribution in [2.24, 2.45) is 11.7 Å². The number of carbonyl (C=O) groups excluding carboxylic acids is 2. The number of nitro benzene ring substituents is 2. The summed E-state index contributed by atoms with van der Waals surface area (Å²) in [5.41, 5.74) is 13.6. The van der Waals surface area contributed by atoms with Gasteiger partial charge in [-0.3, -0.25) is 39.4 Å². The van der Waals surface area contributed by atoms with Crippen molar-refractivity contribution in [1.82, 2.24) is 25.2 Å². The van der Waals surface area contributed by atoms with Crippen molar-refractivity contribution in [3.8, 4) is 5.69 Å². The van der Waals surface area contributed by atoms with Crippen LogP contribution < -0.4 is 16.4 Å². The number of aliphatic carboxylic acids is 1.